The van der Waals surface area contributed by atoms with E-state index in [-0.39, 0.29) is 5.91 Å². The van der Waals surface area contributed by atoms with Gasteiger partial charge in [-0.2, -0.15) is 0 Å². The number of carbonyl (C=O) groups excluding carboxylic acids is 1. The summed E-state index contributed by atoms with van der Waals surface area (Å²) in [5.41, 5.74) is 5.44. The molecule has 1 atom stereocenters. The summed E-state index contributed by atoms with van der Waals surface area (Å²) in [7, 11) is 3.19. The van der Waals surface area contributed by atoms with Crippen molar-refractivity contribution in [2.75, 3.05) is 19.5 Å². The Balaban J connectivity index is 1.31. The molecule has 9 heteroatoms. The number of hydrogen-bond donors (Lipinski definition) is 2. The number of thiazole rings is 1. The third-order valence-electron chi connectivity index (χ3n) is 5.86. The second-order valence-corrected chi connectivity index (χ2v) is 10.5. The van der Waals surface area contributed by atoms with E-state index in [1.807, 2.05) is 91.2 Å². The van der Waals surface area contributed by atoms with Crippen molar-refractivity contribution in [2.24, 2.45) is 0 Å². The molecular formula is C29H26N4O3S2. The Kier molecular flexibility index (Phi) is 7.76. The van der Waals surface area contributed by atoms with E-state index in [0.29, 0.717) is 21.8 Å². The van der Waals surface area contributed by atoms with Crippen LogP contribution < -0.4 is 14.8 Å². The number of aromatic nitrogens is 3. The standard InChI is InChI=1S/C29H26N4O3S2/c1-18(27(34)33-28-30-22(17-37-28)21-14-15-23(35-2)24(16-21)36-3)38-29-31-25(19-10-6-4-7-11-19)26(32-29)20-12-8-5-9-13-20/h4-18H,1-3H3,(H,31,32)(H,30,33,34). The predicted molar refractivity (Wildman–Crippen MR) is 154 cm³/mol. The number of anilines is 1. The highest BCUT2D eigenvalue weighted by molar-refractivity contribution is 8.00. The minimum atomic E-state index is -0.401. The predicted octanol–water partition coefficient (Wildman–Crippen LogP) is 7.00. The lowest BCUT2D eigenvalue weighted by Crippen LogP contribution is -2.22. The van der Waals surface area contributed by atoms with Gasteiger partial charge in [-0.25, -0.2) is 9.97 Å². The minimum Gasteiger partial charge on any atom is -0.493 e. The summed E-state index contributed by atoms with van der Waals surface area (Å²) in [6.45, 7) is 1.86. The SMILES string of the molecule is COc1ccc(-c2csc(NC(=O)C(C)Sc3nc(-c4ccccc4)c(-c4ccccc4)[nH]3)n2)cc1OC. The number of aromatic amines is 1. The van der Waals surface area contributed by atoms with E-state index in [1.165, 1.54) is 23.1 Å². The molecule has 7 nitrogen and oxygen atoms in total. The summed E-state index contributed by atoms with van der Waals surface area (Å²) in [6, 6.07) is 25.7. The van der Waals surface area contributed by atoms with E-state index >= 15 is 0 Å². The first-order valence-electron chi connectivity index (χ1n) is 11.9. The lowest BCUT2D eigenvalue weighted by atomic mass is 10.1. The van der Waals surface area contributed by atoms with Gasteiger partial charge >= 0.3 is 0 Å². The number of carbonyl (C=O) groups is 1. The number of nitrogens with zero attached hydrogens (tertiary/aromatic N) is 2. The topological polar surface area (TPSA) is 89.1 Å². The van der Waals surface area contributed by atoms with E-state index in [2.05, 4.69) is 15.3 Å². The Hall–Kier alpha value is -4.08. The summed E-state index contributed by atoms with van der Waals surface area (Å²) >= 11 is 2.75. The molecular weight excluding hydrogens is 516 g/mol. The molecule has 38 heavy (non-hydrogen) atoms. The number of thioether (sulfide) groups is 1. The molecule has 2 aromatic heterocycles. The van der Waals surface area contributed by atoms with Crippen molar-refractivity contribution < 1.29 is 14.3 Å². The Morgan fingerprint density at radius 2 is 1.58 bits per heavy atom. The van der Waals surface area contributed by atoms with Crippen LogP contribution in [0.25, 0.3) is 33.8 Å². The molecule has 0 aliphatic rings. The van der Waals surface area contributed by atoms with Gasteiger partial charge in [-0.3, -0.25) is 4.79 Å². The second-order valence-electron chi connectivity index (χ2n) is 8.35. The fourth-order valence-electron chi connectivity index (χ4n) is 3.91. The molecule has 5 aromatic rings. The van der Waals surface area contributed by atoms with Crippen molar-refractivity contribution in [1.29, 1.82) is 0 Å². The van der Waals surface area contributed by atoms with Crippen molar-refractivity contribution in [3.63, 3.8) is 0 Å². The van der Waals surface area contributed by atoms with Crippen LogP contribution in [0.1, 0.15) is 6.92 Å². The Bertz CT molecular complexity index is 1480. The van der Waals surface area contributed by atoms with Gasteiger partial charge in [-0.15, -0.1) is 11.3 Å². The molecule has 0 aliphatic heterocycles. The van der Waals surface area contributed by atoms with Crippen LogP contribution in [0.2, 0.25) is 0 Å². The number of imidazole rings is 1. The smallest absolute Gasteiger partial charge is 0.239 e. The number of nitrogens with one attached hydrogen (secondary N) is 2. The Morgan fingerprint density at radius 1 is 0.895 bits per heavy atom. The maximum absolute atomic E-state index is 13.0. The van der Waals surface area contributed by atoms with Crippen LogP contribution in [0.5, 0.6) is 11.5 Å². The van der Waals surface area contributed by atoms with Gasteiger partial charge in [0.15, 0.2) is 21.8 Å². The van der Waals surface area contributed by atoms with Gasteiger partial charge in [0.1, 0.15) is 0 Å². The number of benzene rings is 3. The molecule has 0 radical (unpaired) electrons. The first kappa shape index (κ1) is 25.6. The fraction of sp³-hybridized carbons (Fsp3) is 0.138. The van der Waals surface area contributed by atoms with Crippen LogP contribution in [0.3, 0.4) is 0 Å². The zero-order valence-corrected chi connectivity index (χ0v) is 22.7. The molecule has 192 valence electrons. The van der Waals surface area contributed by atoms with Crippen LogP contribution >= 0.6 is 23.1 Å². The van der Waals surface area contributed by atoms with E-state index in [4.69, 9.17) is 14.5 Å². The van der Waals surface area contributed by atoms with Crippen molar-refractivity contribution in [3.05, 3.63) is 84.2 Å². The van der Waals surface area contributed by atoms with Crippen LogP contribution in [0.15, 0.2) is 89.4 Å². The third kappa shape index (κ3) is 5.58. The monoisotopic (exact) mass is 542 g/mol. The molecule has 0 aliphatic carbocycles. The number of methoxy groups -OCH3 is 2. The van der Waals surface area contributed by atoms with E-state index in [1.54, 1.807) is 14.2 Å². The summed E-state index contributed by atoms with van der Waals surface area (Å²) in [5.74, 6) is 1.12. The zero-order valence-electron chi connectivity index (χ0n) is 21.1. The van der Waals surface area contributed by atoms with Gasteiger partial charge in [-0.1, -0.05) is 72.4 Å². The number of H-pyrrole nitrogens is 1. The van der Waals surface area contributed by atoms with Gasteiger partial charge in [0, 0.05) is 22.1 Å². The van der Waals surface area contributed by atoms with Gasteiger partial charge in [0.25, 0.3) is 0 Å². The third-order valence-corrected chi connectivity index (χ3v) is 7.60. The van der Waals surface area contributed by atoms with Gasteiger partial charge in [0.2, 0.25) is 5.91 Å². The van der Waals surface area contributed by atoms with Gasteiger partial charge < -0.3 is 19.8 Å². The van der Waals surface area contributed by atoms with E-state index in [9.17, 15) is 4.79 Å². The average Bonchev–Trinajstić information content (AvgIpc) is 3.61. The maximum Gasteiger partial charge on any atom is 0.239 e. The van der Waals surface area contributed by atoms with Crippen molar-refractivity contribution in [3.8, 4) is 45.3 Å². The average molecular weight is 543 g/mol. The first-order chi connectivity index (χ1) is 18.6. The van der Waals surface area contributed by atoms with Crippen molar-refractivity contribution >= 4 is 34.1 Å². The first-order valence-corrected chi connectivity index (χ1v) is 13.7. The molecule has 2 N–H and O–H groups in total. The summed E-state index contributed by atoms with van der Waals surface area (Å²) in [5, 5.41) is 5.64. The number of ether oxygens (including phenoxy) is 2. The molecule has 1 unspecified atom stereocenters. The molecule has 0 fully saturated rings. The molecule has 0 spiro atoms. The highest BCUT2D eigenvalue weighted by Crippen LogP contribution is 2.35. The van der Waals surface area contributed by atoms with E-state index < -0.39 is 5.25 Å². The minimum absolute atomic E-state index is 0.151. The molecule has 2 heterocycles. The quantitative estimate of drug-likeness (QED) is 0.195. The fourth-order valence-corrected chi connectivity index (χ4v) is 5.44. The van der Waals surface area contributed by atoms with Crippen LogP contribution in [0.4, 0.5) is 5.13 Å². The van der Waals surface area contributed by atoms with Gasteiger partial charge in [0.05, 0.1) is 36.6 Å². The van der Waals surface area contributed by atoms with E-state index in [0.717, 1.165) is 33.8 Å². The highest BCUT2D eigenvalue weighted by Gasteiger charge is 2.21. The molecule has 0 saturated heterocycles. The zero-order chi connectivity index (χ0) is 26.5. The lowest BCUT2D eigenvalue weighted by Gasteiger charge is -2.09. The van der Waals surface area contributed by atoms with Crippen LogP contribution in [-0.2, 0) is 4.79 Å². The maximum atomic E-state index is 13.0. The normalized spacial score (nSPS) is 11.7. The Morgan fingerprint density at radius 3 is 2.26 bits per heavy atom. The largest absolute Gasteiger partial charge is 0.493 e. The molecule has 0 saturated carbocycles. The molecule has 0 bridgehead atoms. The Labute approximate surface area is 229 Å². The molecule has 3 aromatic carbocycles. The molecule has 1 amide bonds. The number of hydrogen-bond acceptors (Lipinski definition) is 7. The summed E-state index contributed by atoms with van der Waals surface area (Å²) in [4.78, 5) is 25.9. The van der Waals surface area contributed by atoms with Crippen LogP contribution in [-0.4, -0.2) is 40.3 Å². The number of rotatable bonds is 9. The van der Waals surface area contributed by atoms with Crippen molar-refractivity contribution in [1.82, 2.24) is 15.0 Å². The second kappa shape index (κ2) is 11.5. The van der Waals surface area contributed by atoms with Crippen LogP contribution in [0, 0.1) is 0 Å². The summed E-state index contributed by atoms with van der Waals surface area (Å²) < 4.78 is 10.7. The van der Waals surface area contributed by atoms with Crippen molar-refractivity contribution in [2.45, 2.75) is 17.3 Å². The highest BCUT2D eigenvalue weighted by atomic mass is 32.2. The molecule has 5 rings (SSSR count). The lowest BCUT2D eigenvalue weighted by molar-refractivity contribution is -0.115. The van der Waals surface area contributed by atoms with Gasteiger partial charge in [-0.05, 0) is 25.1 Å². The number of amides is 1. The summed E-state index contributed by atoms with van der Waals surface area (Å²) in [6.07, 6.45) is 0.